The van der Waals surface area contributed by atoms with Crippen LogP contribution in [0.15, 0.2) is 0 Å². The van der Waals surface area contributed by atoms with Crippen molar-refractivity contribution < 1.29 is 66.0 Å². The average molecular weight is 224 g/mol. The summed E-state index contributed by atoms with van der Waals surface area (Å²) in [6.07, 6.45) is 1.56. The van der Waals surface area contributed by atoms with Crippen molar-refractivity contribution in [3.05, 3.63) is 0 Å². The average Bonchev–Trinajstić information content (AvgIpc) is 2.09. The summed E-state index contributed by atoms with van der Waals surface area (Å²) in [5, 5.41) is 11.8. The van der Waals surface area contributed by atoms with Gasteiger partial charge in [0.2, 0.25) is 0 Å². The Morgan fingerprint density at radius 1 is 1.57 bits per heavy atom. The molecule has 0 spiro atoms. The molecular weight excluding hydrogens is 207 g/mol. The van der Waals surface area contributed by atoms with Crippen LogP contribution < -0.4 is 56.5 Å². The van der Waals surface area contributed by atoms with Crippen LogP contribution in [0.25, 0.3) is 0 Å². The van der Waals surface area contributed by atoms with E-state index in [1.54, 1.807) is 6.92 Å². The van der Waals surface area contributed by atoms with Crippen molar-refractivity contribution in [2.45, 2.75) is 51.7 Å². The van der Waals surface area contributed by atoms with Gasteiger partial charge in [-0.2, -0.15) is 0 Å². The van der Waals surface area contributed by atoms with Crippen LogP contribution in [0.5, 0.6) is 0 Å². The fourth-order valence-electron chi connectivity index (χ4n) is 1.49. The summed E-state index contributed by atoms with van der Waals surface area (Å²) in [5.41, 5.74) is -1.12. The number of hydrogen-bond acceptors (Lipinski definition) is 3. The minimum absolute atomic E-state index is 0. The van der Waals surface area contributed by atoms with Gasteiger partial charge in [-0.1, -0.05) is 32.8 Å². The van der Waals surface area contributed by atoms with Gasteiger partial charge in [0.25, 0.3) is 0 Å². The van der Waals surface area contributed by atoms with Crippen molar-refractivity contribution >= 4 is 5.97 Å². The number of carbonyl (C=O) groups excluding carboxylic acids is 1. The van der Waals surface area contributed by atoms with E-state index in [1.807, 2.05) is 13.8 Å². The first-order valence-electron chi connectivity index (χ1n) is 4.88. The minimum Gasteiger partial charge on any atom is -0.847 e. The van der Waals surface area contributed by atoms with Crippen molar-refractivity contribution in [1.82, 2.24) is 0 Å². The molecule has 0 radical (unpaired) electrons. The maximum absolute atomic E-state index is 11.8. The molecule has 3 unspecified atom stereocenters. The zero-order chi connectivity index (χ0) is 10.1. The largest absolute Gasteiger partial charge is 1.00 e. The molecule has 4 heteroatoms. The molecule has 1 aliphatic heterocycles. The first-order chi connectivity index (χ1) is 5.97. The predicted octanol–water partition coefficient (Wildman–Crippen LogP) is -2.14. The normalized spacial score (nSPS) is 31.3. The second kappa shape index (κ2) is 5.96. The molecule has 0 aromatic carbocycles. The first-order valence-corrected chi connectivity index (χ1v) is 4.88. The zero-order valence-corrected chi connectivity index (χ0v) is 12.6. The Morgan fingerprint density at radius 2 is 2.14 bits per heavy atom. The van der Waals surface area contributed by atoms with Gasteiger partial charge in [-0.05, 0) is 12.8 Å². The van der Waals surface area contributed by atoms with Gasteiger partial charge >= 0.3 is 57.4 Å². The third-order valence-electron chi connectivity index (χ3n) is 2.91. The van der Waals surface area contributed by atoms with Crippen LogP contribution in [0.2, 0.25) is 0 Å². The van der Waals surface area contributed by atoms with E-state index >= 15 is 0 Å². The van der Waals surface area contributed by atoms with E-state index < -0.39 is 11.7 Å². The predicted molar refractivity (Wildman–Crippen MR) is 47.0 cm³/mol. The third-order valence-corrected chi connectivity index (χ3v) is 2.91. The van der Waals surface area contributed by atoms with Crippen molar-refractivity contribution in [3.63, 3.8) is 0 Å². The van der Waals surface area contributed by atoms with E-state index in [1.165, 1.54) is 0 Å². The molecule has 1 saturated heterocycles. The third kappa shape index (κ3) is 3.58. The number of carbonyl (C=O) groups is 1. The summed E-state index contributed by atoms with van der Waals surface area (Å²) in [6, 6.07) is 0. The topological polar surface area (TPSA) is 49.4 Å². The molecule has 0 saturated carbocycles. The van der Waals surface area contributed by atoms with Gasteiger partial charge in [-0.15, -0.1) is 0 Å². The molecule has 1 heterocycles. The summed E-state index contributed by atoms with van der Waals surface area (Å²) in [4.78, 5) is 11.2. The van der Waals surface area contributed by atoms with E-state index in [0.717, 1.165) is 6.42 Å². The van der Waals surface area contributed by atoms with Crippen LogP contribution in [0.3, 0.4) is 0 Å². The molecule has 1 rings (SSSR count). The van der Waals surface area contributed by atoms with Crippen LogP contribution in [0.4, 0.5) is 0 Å². The summed E-state index contributed by atoms with van der Waals surface area (Å²) < 4.78 is 5.10. The molecule has 0 bridgehead atoms. The quantitative estimate of drug-likeness (QED) is 0.397. The number of ether oxygens (including phenoxy) is 1. The Labute approximate surface area is 128 Å². The van der Waals surface area contributed by atoms with Gasteiger partial charge in [0.05, 0.1) is 12.0 Å². The molecule has 76 valence electrons. The molecule has 1 aliphatic rings. The Hall–Kier alpha value is 1.07. The Balaban J connectivity index is 0.00000169. The molecule has 0 aliphatic carbocycles. The zero-order valence-electron chi connectivity index (χ0n) is 9.50. The molecule has 1 fully saturated rings. The van der Waals surface area contributed by atoms with Crippen molar-refractivity contribution in [1.29, 1.82) is 0 Å². The van der Waals surface area contributed by atoms with Gasteiger partial charge in [-0.3, -0.25) is 4.79 Å². The van der Waals surface area contributed by atoms with Crippen LogP contribution in [-0.2, 0) is 9.53 Å². The summed E-state index contributed by atoms with van der Waals surface area (Å²) in [5.74, 6) is -0.254. The Morgan fingerprint density at radius 3 is 2.57 bits per heavy atom. The van der Waals surface area contributed by atoms with Crippen molar-refractivity contribution in [2.24, 2.45) is 5.92 Å². The fourth-order valence-corrected chi connectivity index (χ4v) is 1.49. The van der Waals surface area contributed by atoms with Crippen LogP contribution in [0, 0.1) is 5.92 Å². The summed E-state index contributed by atoms with van der Waals surface area (Å²) in [6.45, 7) is 5.28. The maximum atomic E-state index is 11.8. The molecule has 0 N–H and O–H groups in total. The number of rotatable bonds is 2. The number of cyclic esters (lactones) is 1. The van der Waals surface area contributed by atoms with Crippen LogP contribution in [0.1, 0.15) is 40.0 Å². The maximum Gasteiger partial charge on any atom is 1.00 e. The van der Waals surface area contributed by atoms with E-state index in [9.17, 15) is 9.90 Å². The van der Waals surface area contributed by atoms with Crippen LogP contribution in [-0.4, -0.2) is 17.7 Å². The first kappa shape index (κ1) is 15.1. The standard InChI is InChI=1S/C10H17O3.K/c1-4-10(3,12)8-6-5-7(2)9(11)13-8;/h7-8H,4-6H2,1-3H3;/q-1;+1. The van der Waals surface area contributed by atoms with Gasteiger partial charge in [-0.25, -0.2) is 0 Å². The summed E-state index contributed by atoms with van der Waals surface area (Å²) in [7, 11) is 0. The van der Waals surface area contributed by atoms with Gasteiger partial charge in [0, 0.05) is 0 Å². The molecule has 0 aromatic rings. The second-order valence-electron chi connectivity index (χ2n) is 4.07. The molecule has 3 atom stereocenters. The van der Waals surface area contributed by atoms with E-state index in [-0.39, 0.29) is 63.3 Å². The number of hydrogen-bond donors (Lipinski definition) is 0. The summed E-state index contributed by atoms with van der Waals surface area (Å²) >= 11 is 0. The van der Waals surface area contributed by atoms with E-state index in [4.69, 9.17) is 4.74 Å². The van der Waals surface area contributed by atoms with Gasteiger partial charge in [0.15, 0.2) is 0 Å². The smallest absolute Gasteiger partial charge is 0.847 e. The fraction of sp³-hybridized carbons (Fsp3) is 0.900. The Bertz CT molecular complexity index is 204. The monoisotopic (exact) mass is 224 g/mol. The van der Waals surface area contributed by atoms with E-state index in [0.29, 0.717) is 12.8 Å². The van der Waals surface area contributed by atoms with Crippen molar-refractivity contribution in [2.75, 3.05) is 0 Å². The van der Waals surface area contributed by atoms with Gasteiger partial charge in [0.1, 0.15) is 0 Å². The SMILES string of the molecule is CCC(C)([O-])C1CCC(C)C(=O)O1.[K+]. The number of esters is 1. The van der Waals surface area contributed by atoms with Crippen molar-refractivity contribution in [3.8, 4) is 0 Å². The van der Waals surface area contributed by atoms with E-state index in [2.05, 4.69) is 0 Å². The molecule has 0 amide bonds. The second-order valence-corrected chi connectivity index (χ2v) is 4.07. The molecule has 14 heavy (non-hydrogen) atoms. The van der Waals surface area contributed by atoms with Crippen LogP contribution >= 0.6 is 0 Å². The minimum atomic E-state index is -1.12. The molecule has 0 aromatic heterocycles. The molecular formula is C10H17KO3. The molecule has 3 nitrogen and oxygen atoms in total. The van der Waals surface area contributed by atoms with Gasteiger partial charge < -0.3 is 9.84 Å². The Kier molecular flexibility index (Phi) is 6.42.